The van der Waals surface area contributed by atoms with Crippen LogP contribution in [0, 0.1) is 0 Å². The third-order valence-corrected chi connectivity index (χ3v) is 4.53. The molecule has 0 saturated heterocycles. The van der Waals surface area contributed by atoms with Crippen LogP contribution in [0.25, 0.3) is 12.2 Å². The molecule has 8 nitrogen and oxygen atoms in total. The number of amides is 2. The topological polar surface area (TPSA) is 111 Å². The zero-order valence-electron chi connectivity index (χ0n) is 18.0. The monoisotopic (exact) mass is 504 g/mol. The lowest BCUT2D eigenvalue weighted by molar-refractivity contribution is -0.144. The minimum atomic E-state index is -0.676. The predicted molar refractivity (Wildman–Crippen MR) is 129 cm³/mol. The molecule has 2 amide bonds. The Morgan fingerprint density at radius 3 is 1.35 bits per heavy atom. The van der Waals surface area contributed by atoms with Gasteiger partial charge in [0.15, 0.2) is 13.2 Å². The molecule has 0 saturated carbocycles. The Bertz CT molecular complexity index is 965. The smallest absolute Gasteiger partial charge is 0.331 e. The fourth-order valence-electron chi connectivity index (χ4n) is 2.35. The molecule has 2 rings (SSSR count). The Balaban J connectivity index is 1.54. The summed E-state index contributed by atoms with van der Waals surface area (Å²) in [5, 5.41) is 6.12. The summed E-state index contributed by atoms with van der Waals surface area (Å²) < 4.78 is 9.66. The van der Waals surface area contributed by atoms with E-state index in [1.54, 1.807) is 48.5 Å². The highest BCUT2D eigenvalue weighted by atomic mass is 35.5. The molecule has 2 N–H and O–H groups in total. The summed E-state index contributed by atoms with van der Waals surface area (Å²) in [5.74, 6) is -2.40. The standard InChI is InChI=1S/C24H22Cl2N2O6/c25-19-7-1-17(2-8-19)5-11-23(31)33-15-21(29)27-13-14-28-22(30)16-34-24(32)12-6-18-3-9-20(26)10-4-18/h1-12H,13-16H2,(H,27,29)(H,28,30)/b11-5+,12-6+. The van der Waals surface area contributed by atoms with E-state index in [0.717, 1.165) is 11.1 Å². The van der Waals surface area contributed by atoms with Crippen LogP contribution in [0.5, 0.6) is 0 Å². The van der Waals surface area contributed by atoms with Gasteiger partial charge in [0, 0.05) is 35.3 Å². The highest BCUT2D eigenvalue weighted by Crippen LogP contribution is 2.11. The van der Waals surface area contributed by atoms with Gasteiger partial charge >= 0.3 is 11.9 Å². The highest BCUT2D eigenvalue weighted by Gasteiger charge is 2.07. The summed E-state index contributed by atoms with van der Waals surface area (Å²) in [6.07, 6.45) is 5.46. The number of halogens is 2. The minimum Gasteiger partial charge on any atom is -0.452 e. The molecule has 0 radical (unpaired) electrons. The van der Waals surface area contributed by atoms with Gasteiger partial charge in [-0.25, -0.2) is 9.59 Å². The predicted octanol–water partition coefficient (Wildman–Crippen LogP) is 3.04. The third kappa shape index (κ3) is 11.3. The van der Waals surface area contributed by atoms with E-state index in [9.17, 15) is 19.2 Å². The Labute approximate surface area is 206 Å². The van der Waals surface area contributed by atoms with E-state index in [1.807, 2.05) is 0 Å². The summed E-state index contributed by atoms with van der Waals surface area (Å²) in [7, 11) is 0. The fraction of sp³-hybridized carbons (Fsp3) is 0.167. The Morgan fingerprint density at radius 1 is 0.647 bits per heavy atom. The van der Waals surface area contributed by atoms with Crippen molar-refractivity contribution in [2.24, 2.45) is 0 Å². The fourth-order valence-corrected chi connectivity index (χ4v) is 2.60. The Morgan fingerprint density at radius 2 is 1.00 bits per heavy atom. The molecule has 0 heterocycles. The maximum Gasteiger partial charge on any atom is 0.331 e. The summed E-state index contributed by atoms with van der Waals surface area (Å²) >= 11 is 11.6. The molecule has 0 aromatic heterocycles. The van der Waals surface area contributed by atoms with Crippen LogP contribution in [0.15, 0.2) is 60.7 Å². The zero-order chi connectivity index (χ0) is 24.8. The van der Waals surface area contributed by atoms with Crippen molar-refractivity contribution in [3.05, 3.63) is 81.9 Å². The number of ether oxygens (including phenoxy) is 2. The molecule has 10 heteroatoms. The van der Waals surface area contributed by atoms with E-state index in [0.29, 0.717) is 10.0 Å². The number of hydrogen-bond donors (Lipinski definition) is 2. The minimum absolute atomic E-state index is 0.104. The van der Waals surface area contributed by atoms with Gasteiger partial charge < -0.3 is 20.1 Å². The first-order valence-electron chi connectivity index (χ1n) is 10.1. The van der Waals surface area contributed by atoms with Crippen molar-refractivity contribution in [1.29, 1.82) is 0 Å². The van der Waals surface area contributed by atoms with Gasteiger partial charge in [-0.15, -0.1) is 0 Å². The Hall–Kier alpha value is -3.62. The molecule has 0 atom stereocenters. The molecular formula is C24H22Cl2N2O6. The summed E-state index contributed by atoms with van der Waals surface area (Å²) in [5.41, 5.74) is 1.51. The summed E-state index contributed by atoms with van der Waals surface area (Å²) in [4.78, 5) is 46.7. The first-order chi connectivity index (χ1) is 16.3. The highest BCUT2D eigenvalue weighted by molar-refractivity contribution is 6.30. The average Bonchev–Trinajstić information content (AvgIpc) is 2.83. The van der Waals surface area contributed by atoms with Gasteiger partial charge in [-0.05, 0) is 47.5 Å². The lowest BCUT2D eigenvalue weighted by Crippen LogP contribution is -2.38. The maximum atomic E-state index is 11.7. The second kappa shape index (κ2) is 14.5. The van der Waals surface area contributed by atoms with Crippen LogP contribution in [-0.4, -0.2) is 50.1 Å². The molecule has 178 valence electrons. The van der Waals surface area contributed by atoms with E-state index in [4.69, 9.17) is 32.7 Å². The van der Waals surface area contributed by atoms with Crippen LogP contribution in [0.1, 0.15) is 11.1 Å². The largest absolute Gasteiger partial charge is 0.452 e. The quantitative estimate of drug-likeness (QED) is 0.276. The van der Waals surface area contributed by atoms with Crippen LogP contribution >= 0.6 is 23.2 Å². The van der Waals surface area contributed by atoms with Crippen molar-refractivity contribution >= 4 is 59.1 Å². The third-order valence-electron chi connectivity index (χ3n) is 4.02. The molecule has 2 aromatic rings. The number of carbonyl (C=O) groups excluding carboxylic acids is 4. The lowest BCUT2D eigenvalue weighted by Gasteiger charge is -2.07. The normalized spacial score (nSPS) is 10.8. The molecule has 0 unspecified atom stereocenters. The number of rotatable bonds is 11. The molecule has 0 aliphatic heterocycles. The van der Waals surface area contributed by atoms with Crippen LogP contribution in [0.3, 0.4) is 0 Å². The second-order valence-electron chi connectivity index (χ2n) is 6.69. The SMILES string of the molecule is O=C(COC(=O)/C=C/c1ccc(Cl)cc1)NCCNC(=O)COC(=O)/C=C/c1ccc(Cl)cc1. The van der Waals surface area contributed by atoms with Crippen molar-refractivity contribution in [2.45, 2.75) is 0 Å². The maximum absolute atomic E-state index is 11.7. The van der Waals surface area contributed by atoms with Gasteiger partial charge in [-0.3, -0.25) is 9.59 Å². The van der Waals surface area contributed by atoms with E-state index in [-0.39, 0.29) is 13.1 Å². The van der Waals surface area contributed by atoms with Crippen molar-refractivity contribution in [3.8, 4) is 0 Å². The van der Waals surface area contributed by atoms with Crippen LogP contribution in [0.4, 0.5) is 0 Å². The van der Waals surface area contributed by atoms with Crippen molar-refractivity contribution in [2.75, 3.05) is 26.3 Å². The average molecular weight is 505 g/mol. The van der Waals surface area contributed by atoms with E-state index in [2.05, 4.69) is 10.6 Å². The summed E-state index contributed by atoms with van der Waals surface area (Å²) in [6, 6.07) is 13.6. The number of benzene rings is 2. The van der Waals surface area contributed by atoms with Crippen molar-refractivity contribution in [1.82, 2.24) is 10.6 Å². The van der Waals surface area contributed by atoms with Crippen LogP contribution in [0.2, 0.25) is 10.0 Å². The van der Waals surface area contributed by atoms with E-state index in [1.165, 1.54) is 24.3 Å². The van der Waals surface area contributed by atoms with Gasteiger partial charge in [-0.1, -0.05) is 47.5 Å². The van der Waals surface area contributed by atoms with Gasteiger partial charge in [0.05, 0.1) is 0 Å². The number of nitrogens with one attached hydrogen (secondary N) is 2. The van der Waals surface area contributed by atoms with E-state index >= 15 is 0 Å². The number of esters is 2. The van der Waals surface area contributed by atoms with Gasteiger partial charge in [0.25, 0.3) is 11.8 Å². The number of hydrogen-bond acceptors (Lipinski definition) is 6. The van der Waals surface area contributed by atoms with Gasteiger partial charge in [-0.2, -0.15) is 0 Å². The molecule has 34 heavy (non-hydrogen) atoms. The molecular weight excluding hydrogens is 483 g/mol. The second-order valence-corrected chi connectivity index (χ2v) is 7.56. The molecule has 0 fully saturated rings. The van der Waals surface area contributed by atoms with Crippen LogP contribution < -0.4 is 10.6 Å². The molecule has 0 aliphatic rings. The van der Waals surface area contributed by atoms with Gasteiger partial charge in [0.1, 0.15) is 0 Å². The summed E-state index contributed by atoms with van der Waals surface area (Å²) in [6.45, 7) is -0.717. The Kier molecular flexibility index (Phi) is 11.4. The zero-order valence-corrected chi connectivity index (χ0v) is 19.5. The lowest BCUT2D eigenvalue weighted by atomic mass is 10.2. The number of carbonyl (C=O) groups is 4. The van der Waals surface area contributed by atoms with Crippen molar-refractivity contribution in [3.63, 3.8) is 0 Å². The van der Waals surface area contributed by atoms with Crippen molar-refractivity contribution < 1.29 is 28.7 Å². The molecule has 2 aromatic carbocycles. The van der Waals surface area contributed by atoms with E-state index < -0.39 is 37.0 Å². The van der Waals surface area contributed by atoms with Gasteiger partial charge in [0.2, 0.25) is 0 Å². The van der Waals surface area contributed by atoms with Crippen LogP contribution in [-0.2, 0) is 28.7 Å². The molecule has 0 spiro atoms. The first-order valence-corrected chi connectivity index (χ1v) is 10.8. The first kappa shape index (κ1) is 26.6. The molecule has 0 aliphatic carbocycles. The molecule has 0 bridgehead atoms.